The Morgan fingerprint density at radius 3 is 2.80 bits per heavy atom. The van der Waals surface area contributed by atoms with Crippen LogP contribution < -0.4 is 5.32 Å². The average Bonchev–Trinajstić information content (AvgIpc) is 2.91. The molecule has 2 aromatic heterocycles. The monoisotopic (exact) mass is 276 g/mol. The van der Waals surface area contributed by atoms with Crippen molar-refractivity contribution in [1.82, 2.24) is 19.7 Å². The lowest BCUT2D eigenvalue weighted by atomic mass is 10.2. The van der Waals surface area contributed by atoms with Crippen LogP contribution in [0.4, 0.5) is 11.5 Å². The minimum absolute atomic E-state index is 0.0475. The molecule has 0 spiro atoms. The quantitative estimate of drug-likeness (QED) is 0.470. The van der Waals surface area contributed by atoms with Crippen LogP contribution in [0.3, 0.4) is 0 Å². The van der Waals surface area contributed by atoms with Gasteiger partial charge in [0.2, 0.25) is 5.82 Å². The predicted octanol–water partition coefficient (Wildman–Crippen LogP) is 1.78. The lowest BCUT2D eigenvalue weighted by molar-refractivity contribution is -0.384. The van der Waals surface area contributed by atoms with Crippen molar-refractivity contribution in [3.8, 4) is 0 Å². The van der Waals surface area contributed by atoms with Crippen molar-refractivity contribution in [1.29, 1.82) is 0 Å². The zero-order valence-electron chi connectivity index (χ0n) is 11.2. The van der Waals surface area contributed by atoms with Crippen LogP contribution in [0, 0.1) is 17.0 Å². The van der Waals surface area contributed by atoms with Gasteiger partial charge in [-0.2, -0.15) is 0 Å². The van der Waals surface area contributed by atoms with Crippen LogP contribution >= 0.6 is 0 Å². The van der Waals surface area contributed by atoms with Crippen LogP contribution in [-0.2, 0) is 6.54 Å². The van der Waals surface area contributed by atoms with Gasteiger partial charge in [0.05, 0.1) is 4.92 Å². The molecular formula is C12H16N6O2. The second-order valence-electron chi connectivity index (χ2n) is 4.42. The molecule has 8 heteroatoms. The Morgan fingerprint density at radius 2 is 2.10 bits per heavy atom. The summed E-state index contributed by atoms with van der Waals surface area (Å²) < 4.78 is 1.90. The topological polar surface area (TPSA) is 98.8 Å². The van der Waals surface area contributed by atoms with Gasteiger partial charge in [0.15, 0.2) is 0 Å². The van der Waals surface area contributed by atoms with E-state index in [4.69, 9.17) is 0 Å². The fraction of sp³-hybridized carbons (Fsp3) is 0.417. The Hall–Kier alpha value is -2.51. The number of unbranched alkanes of at least 4 members (excludes halogenated alkanes) is 1. The summed E-state index contributed by atoms with van der Waals surface area (Å²) in [4.78, 5) is 14.6. The molecule has 8 nitrogen and oxygen atoms in total. The third-order valence-corrected chi connectivity index (χ3v) is 2.91. The van der Waals surface area contributed by atoms with Crippen molar-refractivity contribution in [3.63, 3.8) is 0 Å². The van der Waals surface area contributed by atoms with E-state index in [1.807, 2.05) is 4.57 Å². The van der Waals surface area contributed by atoms with Gasteiger partial charge in [-0.1, -0.05) is 0 Å². The van der Waals surface area contributed by atoms with E-state index < -0.39 is 4.92 Å². The molecule has 2 aromatic rings. The number of nitro groups is 1. The lowest BCUT2D eigenvalue weighted by Gasteiger charge is -2.07. The van der Waals surface area contributed by atoms with E-state index in [-0.39, 0.29) is 5.69 Å². The van der Waals surface area contributed by atoms with Gasteiger partial charge in [0, 0.05) is 24.8 Å². The van der Waals surface area contributed by atoms with Gasteiger partial charge in [-0.15, -0.1) is 10.2 Å². The van der Waals surface area contributed by atoms with Crippen molar-refractivity contribution < 1.29 is 4.92 Å². The summed E-state index contributed by atoms with van der Waals surface area (Å²) in [6, 6.07) is 1.63. The van der Waals surface area contributed by atoms with Gasteiger partial charge in [-0.3, -0.25) is 10.1 Å². The number of hydrogen-bond acceptors (Lipinski definition) is 6. The first-order valence-corrected chi connectivity index (χ1v) is 6.35. The van der Waals surface area contributed by atoms with E-state index >= 15 is 0 Å². The Morgan fingerprint density at radius 1 is 1.35 bits per heavy atom. The molecular weight excluding hydrogens is 260 g/mol. The van der Waals surface area contributed by atoms with Crippen molar-refractivity contribution in [2.75, 3.05) is 11.9 Å². The second-order valence-corrected chi connectivity index (χ2v) is 4.42. The fourth-order valence-corrected chi connectivity index (χ4v) is 1.87. The molecule has 0 fully saturated rings. The summed E-state index contributed by atoms with van der Waals surface area (Å²) in [7, 11) is 0. The molecule has 20 heavy (non-hydrogen) atoms. The van der Waals surface area contributed by atoms with E-state index in [9.17, 15) is 10.1 Å². The first kappa shape index (κ1) is 13.9. The smallest absolute Gasteiger partial charge is 0.314 e. The Kier molecular flexibility index (Phi) is 4.59. The fourth-order valence-electron chi connectivity index (χ4n) is 1.87. The summed E-state index contributed by atoms with van der Waals surface area (Å²) in [6.07, 6.45) is 6.72. The number of nitrogens with zero attached hydrogens (tertiary/aromatic N) is 5. The highest BCUT2D eigenvalue weighted by Gasteiger charge is 2.17. The van der Waals surface area contributed by atoms with Crippen molar-refractivity contribution >= 4 is 11.5 Å². The van der Waals surface area contributed by atoms with E-state index in [1.165, 1.54) is 0 Å². The molecule has 0 unspecified atom stereocenters. The molecule has 0 atom stereocenters. The third-order valence-electron chi connectivity index (χ3n) is 2.91. The van der Waals surface area contributed by atoms with E-state index in [0.29, 0.717) is 17.9 Å². The first-order valence-electron chi connectivity index (χ1n) is 6.35. The number of rotatable bonds is 7. The second kappa shape index (κ2) is 6.60. The predicted molar refractivity (Wildman–Crippen MR) is 73.4 cm³/mol. The van der Waals surface area contributed by atoms with Gasteiger partial charge in [0.1, 0.15) is 12.7 Å². The molecule has 2 rings (SSSR count). The Bertz CT molecular complexity index is 569. The zero-order valence-corrected chi connectivity index (χ0v) is 11.2. The number of pyridine rings is 1. The summed E-state index contributed by atoms with van der Waals surface area (Å²) in [6.45, 7) is 3.18. The van der Waals surface area contributed by atoms with E-state index in [1.54, 1.807) is 31.8 Å². The molecule has 0 radical (unpaired) electrons. The molecule has 2 heterocycles. The maximum atomic E-state index is 11.0. The van der Waals surface area contributed by atoms with E-state index in [0.717, 1.165) is 19.4 Å². The van der Waals surface area contributed by atoms with Crippen LogP contribution in [-0.4, -0.2) is 31.2 Å². The van der Waals surface area contributed by atoms with Gasteiger partial charge in [0.25, 0.3) is 0 Å². The van der Waals surface area contributed by atoms with Crippen LogP contribution in [0.1, 0.15) is 18.4 Å². The molecule has 0 aromatic carbocycles. The highest BCUT2D eigenvalue weighted by molar-refractivity contribution is 5.59. The number of anilines is 1. The number of aryl methyl sites for hydroxylation is 2. The lowest BCUT2D eigenvalue weighted by Crippen LogP contribution is -2.08. The molecule has 0 saturated carbocycles. The van der Waals surface area contributed by atoms with Crippen molar-refractivity contribution in [2.45, 2.75) is 26.3 Å². The molecule has 0 saturated heterocycles. The summed E-state index contributed by atoms with van der Waals surface area (Å²) in [5.74, 6) is 0.333. The van der Waals surface area contributed by atoms with Crippen molar-refractivity contribution in [2.24, 2.45) is 0 Å². The minimum atomic E-state index is -0.401. The standard InChI is InChI=1S/C12H16N6O2/c1-10-4-6-14-12(11(10)18(19)20)13-5-2-3-7-17-8-15-16-9-17/h4,6,8-9H,2-3,5,7H2,1H3,(H,13,14). The average molecular weight is 276 g/mol. The van der Waals surface area contributed by atoms with Gasteiger partial charge in [-0.05, 0) is 25.8 Å². The molecule has 0 aliphatic carbocycles. The largest absolute Gasteiger partial charge is 0.364 e. The molecule has 1 N–H and O–H groups in total. The van der Waals surface area contributed by atoms with Gasteiger partial charge in [-0.25, -0.2) is 4.98 Å². The van der Waals surface area contributed by atoms with Crippen LogP contribution in [0.15, 0.2) is 24.9 Å². The zero-order chi connectivity index (χ0) is 14.4. The molecule has 0 aliphatic rings. The maximum absolute atomic E-state index is 11.0. The molecule has 106 valence electrons. The molecule has 0 amide bonds. The third kappa shape index (κ3) is 3.50. The molecule has 0 aliphatic heterocycles. The van der Waals surface area contributed by atoms with E-state index in [2.05, 4.69) is 20.5 Å². The summed E-state index contributed by atoms with van der Waals surface area (Å²) in [5, 5.41) is 21.5. The van der Waals surface area contributed by atoms with Gasteiger partial charge < -0.3 is 9.88 Å². The van der Waals surface area contributed by atoms with Crippen LogP contribution in [0.5, 0.6) is 0 Å². The Labute approximate surface area is 116 Å². The van der Waals surface area contributed by atoms with Crippen molar-refractivity contribution in [3.05, 3.63) is 40.6 Å². The SMILES string of the molecule is Cc1ccnc(NCCCCn2cnnc2)c1[N+](=O)[O-]. The maximum Gasteiger partial charge on any atom is 0.314 e. The van der Waals surface area contributed by atoms with Crippen LogP contribution in [0.2, 0.25) is 0 Å². The normalized spacial score (nSPS) is 10.4. The first-order chi connectivity index (χ1) is 9.68. The summed E-state index contributed by atoms with van der Waals surface area (Å²) in [5.41, 5.74) is 0.656. The number of nitrogens with one attached hydrogen (secondary N) is 1. The van der Waals surface area contributed by atoms with Crippen LogP contribution in [0.25, 0.3) is 0 Å². The minimum Gasteiger partial charge on any atom is -0.364 e. The number of aromatic nitrogens is 4. The highest BCUT2D eigenvalue weighted by atomic mass is 16.6. The summed E-state index contributed by atoms with van der Waals surface area (Å²) >= 11 is 0. The van der Waals surface area contributed by atoms with Gasteiger partial charge >= 0.3 is 5.69 Å². The highest BCUT2D eigenvalue weighted by Crippen LogP contribution is 2.25. The molecule has 0 bridgehead atoms. The Balaban J connectivity index is 1.82. The number of hydrogen-bond donors (Lipinski definition) is 1.